The molecule has 2 unspecified atom stereocenters. The Bertz CT molecular complexity index is 535. The Morgan fingerprint density at radius 3 is 2.71 bits per heavy atom. The van der Waals surface area contributed by atoms with E-state index in [0.717, 1.165) is 25.8 Å². The second-order valence-corrected chi connectivity index (χ2v) is 8.05. The normalized spacial score (nSPS) is 25.1. The zero-order chi connectivity index (χ0) is 15.2. The highest BCUT2D eigenvalue weighted by molar-refractivity contribution is 7.12. The maximum atomic E-state index is 12.8. The van der Waals surface area contributed by atoms with Crippen LogP contribution >= 0.6 is 11.3 Å². The molecule has 1 saturated heterocycles. The zero-order valence-corrected chi connectivity index (χ0v) is 14.2. The molecule has 2 aliphatic rings. The highest BCUT2D eigenvalue weighted by Gasteiger charge is 2.60. The molecule has 1 amide bonds. The Kier molecular flexibility index (Phi) is 3.84. The molecule has 2 fully saturated rings. The summed E-state index contributed by atoms with van der Waals surface area (Å²) in [6.07, 6.45) is 3.06. The molecule has 3 rings (SSSR count). The van der Waals surface area contributed by atoms with Crippen LogP contribution in [-0.2, 0) is 4.79 Å². The third-order valence-electron chi connectivity index (χ3n) is 4.58. The van der Waals surface area contributed by atoms with E-state index in [4.69, 9.17) is 0 Å². The van der Waals surface area contributed by atoms with Crippen LogP contribution in [-0.4, -0.2) is 47.9 Å². The first-order chi connectivity index (χ1) is 9.93. The van der Waals surface area contributed by atoms with Gasteiger partial charge in [-0.2, -0.15) is 0 Å². The number of nitrogens with zero attached hydrogens (tertiary/aromatic N) is 2. The van der Waals surface area contributed by atoms with Crippen LogP contribution in [0.25, 0.3) is 0 Å². The number of amides is 1. The first-order valence-electron chi connectivity index (χ1n) is 7.74. The largest absolute Gasteiger partial charge is 0.318 e. The van der Waals surface area contributed by atoms with Crippen LogP contribution in [0.4, 0.5) is 0 Å². The molecule has 0 aromatic carbocycles. The van der Waals surface area contributed by atoms with Crippen molar-refractivity contribution in [3.63, 3.8) is 0 Å². The highest BCUT2D eigenvalue weighted by Crippen LogP contribution is 2.47. The van der Waals surface area contributed by atoms with Crippen LogP contribution < -0.4 is 5.32 Å². The second-order valence-electron chi connectivity index (χ2n) is 6.73. The summed E-state index contributed by atoms with van der Waals surface area (Å²) in [6.45, 7) is 5.31. The lowest BCUT2D eigenvalue weighted by molar-refractivity contribution is -0.132. The molecule has 2 atom stereocenters. The average Bonchev–Trinajstić information content (AvgIpc) is 2.99. The van der Waals surface area contributed by atoms with Gasteiger partial charge in [0.1, 0.15) is 11.7 Å². The maximum absolute atomic E-state index is 12.8. The average molecular weight is 307 g/mol. The minimum absolute atomic E-state index is 0.0656. The molecule has 1 aliphatic heterocycles. The zero-order valence-electron chi connectivity index (χ0n) is 13.3. The van der Waals surface area contributed by atoms with Gasteiger partial charge in [0.15, 0.2) is 0 Å². The molecule has 4 nitrogen and oxygen atoms in total. The van der Waals surface area contributed by atoms with Gasteiger partial charge >= 0.3 is 0 Å². The van der Waals surface area contributed by atoms with Crippen molar-refractivity contribution in [2.24, 2.45) is 0 Å². The van der Waals surface area contributed by atoms with E-state index in [9.17, 15) is 4.79 Å². The fourth-order valence-electron chi connectivity index (χ4n) is 3.09. The molecule has 116 valence electrons. The fourth-order valence-corrected chi connectivity index (χ4v) is 4.02. The van der Waals surface area contributed by atoms with E-state index in [-0.39, 0.29) is 17.7 Å². The number of thiophene rings is 1. The Morgan fingerprint density at radius 2 is 2.19 bits per heavy atom. The quantitative estimate of drug-likeness (QED) is 0.907. The maximum Gasteiger partial charge on any atom is 0.244 e. The summed E-state index contributed by atoms with van der Waals surface area (Å²) in [4.78, 5) is 19.7. The smallest absolute Gasteiger partial charge is 0.244 e. The van der Waals surface area contributed by atoms with Crippen molar-refractivity contribution in [3.8, 4) is 0 Å². The highest BCUT2D eigenvalue weighted by atomic mass is 32.1. The first kappa shape index (κ1) is 15.0. The predicted octanol–water partition coefficient (Wildman–Crippen LogP) is 2.36. The van der Waals surface area contributed by atoms with Crippen molar-refractivity contribution in [1.29, 1.82) is 0 Å². The lowest BCUT2D eigenvalue weighted by Crippen LogP contribution is -2.40. The van der Waals surface area contributed by atoms with Crippen molar-refractivity contribution in [1.82, 2.24) is 15.1 Å². The van der Waals surface area contributed by atoms with Crippen molar-refractivity contribution >= 4 is 17.2 Å². The second kappa shape index (κ2) is 5.38. The van der Waals surface area contributed by atoms with Crippen LogP contribution in [0.3, 0.4) is 0 Å². The molecule has 2 heterocycles. The lowest BCUT2D eigenvalue weighted by Gasteiger charge is -2.30. The van der Waals surface area contributed by atoms with E-state index < -0.39 is 0 Å². The molecule has 5 heteroatoms. The van der Waals surface area contributed by atoms with Gasteiger partial charge in [0, 0.05) is 15.8 Å². The molecular weight excluding hydrogens is 282 g/mol. The number of nitrogens with one attached hydrogen (secondary N) is 1. The summed E-state index contributed by atoms with van der Waals surface area (Å²) in [5, 5.41) is 3.61. The summed E-state index contributed by atoms with van der Waals surface area (Å²) in [6, 6.07) is 4.57. The van der Waals surface area contributed by atoms with Crippen LogP contribution in [0.15, 0.2) is 12.1 Å². The third-order valence-corrected chi connectivity index (χ3v) is 5.64. The van der Waals surface area contributed by atoms with Crippen LogP contribution in [0.2, 0.25) is 0 Å². The van der Waals surface area contributed by atoms with Gasteiger partial charge in [-0.3, -0.25) is 10.1 Å². The number of hydrogen-bond acceptors (Lipinski definition) is 4. The monoisotopic (exact) mass is 307 g/mol. The molecule has 1 N–H and O–H groups in total. The Morgan fingerprint density at radius 1 is 1.48 bits per heavy atom. The third kappa shape index (κ3) is 2.74. The summed E-state index contributed by atoms with van der Waals surface area (Å²) in [7, 11) is 4.17. The summed E-state index contributed by atoms with van der Waals surface area (Å²) in [5.41, 5.74) is -0.241. The molecule has 1 aromatic heterocycles. The minimum Gasteiger partial charge on any atom is -0.318 e. The number of hydrogen-bond donors (Lipinski definition) is 1. The van der Waals surface area contributed by atoms with Gasteiger partial charge in [-0.1, -0.05) is 0 Å². The summed E-state index contributed by atoms with van der Waals surface area (Å²) in [5.74, 6) is 0.310. The minimum atomic E-state index is -0.241. The molecule has 0 radical (unpaired) electrons. The van der Waals surface area contributed by atoms with Crippen LogP contribution in [0, 0.1) is 6.92 Å². The van der Waals surface area contributed by atoms with E-state index in [2.05, 4.69) is 55.2 Å². The molecule has 1 aliphatic carbocycles. The van der Waals surface area contributed by atoms with Crippen molar-refractivity contribution in [3.05, 3.63) is 21.9 Å². The molecule has 0 bridgehead atoms. The predicted molar refractivity (Wildman–Crippen MR) is 86.4 cm³/mol. The summed E-state index contributed by atoms with van der Waals surface area (Å²) < 4.78 is 0. The van der Waals surface area contributed by atoms with E-state index >= 15 is 0 Å². The Hall–Kier alpha value is -0.910. The molecule has 1 aromatic rings. The number of carbonyl (C=O) groups is 1. The van der Waals surface area contributed by atoms with Crippen LogP contribution in [0.5, 0.6) is 0 Å². The first-order valence-corrected chi connectivity index (χ1v) is 8.56. The number of aryl methyl sites for hydroxylation is 1. The topological polar surface area (TPSA) is 35.6 Å². The van der Waals surface area contributed by atoms with Gasteiger partial charge in [0.2, 0.25) is 5.91 Å². The van der Waals surface area contributed by atoms with Crippen molar-refractivity contribution in [2.75, 3.05) is 20.6 Å². The van der Waals surface area contributed by atoms with E-state index in [0.29, 0.717) is 5.91 Å². The SMILES string of the molecule is Cc1ccc(C2NC3(CC3)C(=O)N2C(C)CCN(C)C)s1. The molecular formula is C16H25N3OS. The fraction of sp³-hybridized carbons (Fsp3) is 0.688. The Balaban J connectivity index is 1.81. The van der Waals surface area contributed by atoms with Gasteiger partial charge in [0.25, 0.3) is 0 Å². The van der Waals surface area contributed by atoms with Gasteiger partial charge in [-0.25, -0.2) is 0 Å². The number of rotatable bonds is 5. The van der Waals surface area contributed by atoms with Gasteiger partial charge in [-0.05, 0) is 65.9 Å². The van der Waals surface area contributed by atoms with Gasteiger partial charge in [0.05, 0.1) is 0 Å². The molecule has 1 spiro atoms. The van der Waals surface area contributed by atoms with Gasteiger partial charge in [-0.15, -0.1) is 11.3 Å². The standard InChI is InChI=1S/C16H25N3OS/c1-11(7-10-18(3)4)19-14(13-6-5-12(2)21-13)17-16(8-9-16)15(19)20/h5-6,11,14,17H,7-10H2,1-4H3. The Labute approximate surface area is 131 Å². The van der Waals surface area contributed by atoms with E-state index in [1.54, 1.807) is 11.3 Å². The van der Waals surface area contributed by atoms with E-state index in [1.807, 2.05) is 0 Å². The number of carbonyl (C=O) groups excluding carboxylic acids is 1. The van der Waals surface area contributed by atoms with Crippen LogP contribution in [0.1, 0.15) is 42.1 Å². The summed E-state index contributed by atoms with van der Waals surface area (Å²) >= 11 is 1.79. The molecule has 1 saturated carbocycles. The van der Waals surface area contributed by atoms with E-state index in [1.165, 1.54) is 9.75 Å². The van der Waals surface area contributed by atoms with Crippen molar-refractivity contribution in [2.45, 2.75) is 50.9 Å². The molecule has 21 heavy (non-hydrogen) atoms. The van der Waals surface area contributed by atoms with Crippen molar-refractivity contribution < 1.29 is 4.79 Å². The van der Waals surface area contributed by atoms with Gasteiger partial charge < -0.3 is 9.80 Å². The lowest BCUT2D eigenvalue weighted by atomic mass is 10.1.